The number of benzene rings is 1. The Morgan fingerprint density at radius 2 is 2.03 bits per heavy atom. The maximum Gasteiger partial charge on any atom is 0.412 e. The molecular weight excluding hydrogens is 490 g/mol. The van der Waals surface area contributed by atoms with Gasteiger partial charge < -0.3 is 29.8 Å². The highest BCUT2D eigenvalue weighted by Gasteiger charge is 2.31. The van der Waals surface area contributed by atoms with Crippen molar-refractivity contribution < 1.29 is 19.5 Å². The van der Waals surface area contributed by atoms with Crippen molar-refractivity contribution in [2.75, 3.05) is 31.1 Å². The zero-order valence-corrected chi connectivity index (χ0v) is 21.2. The van der Waals surface area contributed by atoms with Crippen LogP contribution >= 0.6 is 0 Å². The molecule has 0 unspecified atom stereocenters. The van der Waals surface area contributed by atoms with Crippen molar-refractivity contribution in [2.45, 2.75) is 45.3 Å². The van der Waals surface area contributed by atoms with Crippen molar-refractivity contribution in [3.63, 3.8) is 0 Å². The van der Waals surface area contributed by atoms with Gasteiger partial charge in [0, 0.05) is 63.0 Å². The first-order chi connectivity index (χ1) is 18.3. The summed E-state index contributed by atoms with van der Waals surface area (Å²) in [5, 5.41) is 15.4. The average Bonchev–Trinajstić information content (AvgIpc) is 3.46. The third-order valence-electron chi connectivity index (χ3n) is 7.22. The van der Waals surface area contributed by atoms with Crippen LogP contribution in [0.15, 0.2) is 41.3 Å². The Hall–Kier alpha value is -4.35. The van der Waals surface area contributed by atoms with E-state index >= 15 is 0 Å². The van der Waals surface area contributed by atoms with E-state index in [1.54, 1.807) is 33.9 Å². The van der Waals surface area contributed by atoms with Crippen molar-refractivity contribution in [3.8, 4) is 0 Å². The zero-order chi connectivity index (χ0) is 26.8. The molecule has 4 heterocycles. The third-order valence-corrected chi connectivity index (χ3v) is 7.22. The number of urea groups is 1. The van der Waals surface area contributed by atoms with Gasteiger partial charge in [0.05, 0.1) is 16.7 Å². The van der Waals surface area contributed by atoms with Crippen LogP contribution in [-0.2, 0) is 30.7 Å². The summed E-state index contributed by atoms with van der Waals surface area (Å²) in [5.74, 6) is 0.416. The Morgan fingerprint density at radius 3 is 2.76 bits per heavy atom. The van der Waals surface area contributed by atoms with E-state index in [0.29, 0.717) is 69.0 Å². The molecule has 0 radical (unpaired) electrons. The first-order valence-electron chi connectivity index (χ1n) is 12.8. The zero-order valence-electron chi connectivity index (χ0n) is 21.2. The molecule has 4 amide bonds. The second-order valence-corrected chi connectivity index (χ2v) is 9.64. The Labute approximate surface area is 218 Å². The predicted molar refractivity (Wildman–Crippen MR) is 140 cm³/mol. The van der Waals surface area contributed by atoms with Gasteiger partial charge in [-0.1, -0.05) is 6.07 Å². The summed E-state index contributed by atoms with van der Waals surface area (Å²) in [5.41, 5.74) is 2.76. The van der Waals surface area contributed by atoms with Crippen LogP contribution in [0.25, 0.3) is 11.0 Å². The second kappa shape index (κ2) is 10.6. The molecule has 2 aliphatic heterocycles. The molecule has 5 rings (SSSR count). The molecule has 2 aromatic heterocycles. The number of hydrogen-bond donors (Lipinski definition) is 3. The molecule has 0 saturated carbocycles. The number of amides is 4. The summed E-state index contributed by atoms with van der Waals surface area (Å²) >= 11 is 0. The Kier molecular flexibility index (Phi) is 7.03. The molecule has 12 nitrogen and oxygen atoms in total. The first kappa shape index (κ1) is 25.3. The lowest BCUT2D eigenvalue weighted by atomic mass is 9.96. The van der Waals surface area contributed by atoms with Gasteiger partial charge in [0.2, 0.25) is 5.91 Å². The minimum absolute atomic E-state index is 0.0134. The summed E-state index contributed by atoms with van der Waals surface area (Å²) in [4.78, 5) is 56.8. The molecule has 1 saturated heterocycles. The highest BCUT2D eigenvalue weighted by atomic mass is 16.4. The smallest absolute Gasteiger partial charge is 0.412 e. The van der Waals surface area contributed by atoms with Crippen molar-refractivity contribution in [2.24, 2.45) is 0 Å². The summed E-state index contributed by atoms with van der Waals surface area (Å²) in [6.45, 7) is 4.25. The molecular formula is C26H31N7O5. The number of aromatic nitrogens is 3. The lowest BCUT2D eigenvalue weighted by Crippen LogP contribution is -2.41. The van der Waals surface area contributed by atoms with Crippen LogP contribution in [0.3, 0.4) is 0 Å². The van der Waals surface area contributed by atoms with Crippen LogP contribution < -0.4 is 21.1 Å². The summed E-state index contributed by atoms with van der Waals surface area (Å²) in [7, 11) is 0. The molecule has 0 bridgehead atoms. The minimum atomic E-state index is -1.01. The average molecular weight is 522 g/mol. The van der Waals surface area contributed by atoms with E-state index in [1.807, 2.05) is 17.6 Å². The molecule has 1 atom stereocenters. The number of hydrogen-bond acceptors (Lipinski definition) is 5. The lowest BCUT2D eigenvalue weighted by molar-refractivity contribution is -0.121. The number of aryl methyl sites for hydroxylation is 3. The molecule has 12 heteroatoms. The number of pyridine rings is 1. The van der Waals surface area contributed by atoms with E-state index in [0.717, 1.165) is 11.1 Å². The topological polar surface area (TPSA) is 142 Å². The lowest BCUT2D eigenvalue weighted by Gasteiger charge is -2.33. The maximum atomic E-state index is 12.9. The molecule has 0 aliphatic carbocycles. The van der Waals surface area contributed by atoms with Crippen LogP contribution in [0.2, 0.25) is 0 Å². The standard InChI is InChI=1S/C26H31N7O5/c1-17-5-6-18-19(33(17)26(37)38)7-8-20-24(18)29-21(9-13-30-12-3-2-4-23(30)35)32(20)16-22(34)27-10-14-31-15-11-28-25(31)36/h2-4,7-8,12,17H,5-6,9-11,13-16H2,1H3,(H,27,34)(H,28,36)(H,37,38)/t17-/m0/s1. The van der Waals surface area contributed by atoms with Gasteiger partial charge in [-0.25, -0.2) is 14.6 Å². The van der Waals surface area contributed by atoms with E-state index in [2.05, 4.69) is 10.6 Å². The van der Waals surface area contributed by atoms with Crippen molar-refractivity contribution in [3.05, 3.63) is 58.3 Å². The van der Waals surface area contributed by atoms with Crippen LogP contribution in [0.5, 0.6) is 0 Å². The van der Waals surface area contributed by atoms with Crippen LogP contribution in [0.4, 0.5) is 15.3 Å². The monoisotopic (exact) mass is 521 g/mol. The van der Waals surface area contributed by atoms with Gasteiger partial charge in [0.1, 0.15) is 12.4 Å². The van der Waals surface area contributed by atoms with Crippen molar-refractivity contribution in [1.29, 1.82) is 0 Å². The number of anilines is 1. The van der Waals surface area contributed by atoms with Crippen LogP contribution in [-0.4, -0.2) is 74.4 Å². The molecule has 3 N–H and O–H groups in total. The summed E-state index contributed by atoms with van der Waals surface area (Å²) in [6, 6.07) is 8.29. The number of carbonyl (C=O) groups is 3. The van der Waals surface area contributed by atoms with Gasteiger partial charge in [-0.15, -0.1) is 0 Å². The fraction of sp³-hybridized carbons (Fsp3) is 0.423. The van der Waals surface area contributed by atoms with Gasteiger partial charge in [-0.2, -0.15) is 0 Å². The molecule has 0 spiro atoms. The number of nitrogens with one attached hydrogen (secondary N) is 2. The molecule has 38 heavy (non-hydrogen) atoms. The second-order valence-electron chi connectivity index (χ2n) is 9.64. The number of rotatable bonds is 8. The number of carbonyl (C=O) groups excluding carboxylic acids is 2. The Morgan fingerprint density at radius 1 is 1.18 bits per heavy atom. The fourth-order valence-electron chi connectivity index (χ4n) is 5.26. The molecule has 1 aromatic carbocycles. The van der Waals surface area contributed by atoms with E-state index in [9.17, 15) is 24.3 Å². The van der Waals surface area contributed by atoms with E-state index < -0.39 is 6.09 Å². The first-order valence-corrected chi connectivity index (χ1v) is 12.8. The number of fused-ring (bicyclic) bond motifs is 3. The Balaban J connectivity index is 1.43. The number of imidazole rings is 1. The number of nitrogens with zero attached hydrogens (tertiary/aromatic N) is 5. The highest BCUT2D eigenvalue weighted by molar-refractivity contribution is 5.95. The van der Waals surface area contributed by atoms with E-state index in [4.69, 9.17) is 4.98 Å². The number of carboxylic acid groups (broad SMARTS) is 1. The van der Waals surface area contributed by atoms with Gasteiger partial charge in [-0.3, -0.25) is 14.5 Å². The molecule has 200 valence electrons. The third kappa shape index (κ3) is 4.93. The highest BCUT2D eigenvalue weighted by Crippen LogP contribution is 2.36. The summed E-state index contributed by atoms with van der Waals surface area (Å²) in [6.07, 6.45) is 2.46. The molecule has 1 fully saturated rings. The SMILES string of the molecule is C[C@H]1CCc2c(ccc3c2nc(CCn2ccccc2=O)n3CC(=O)NCCN2CCNC2=O)N1C(=O)O. The van der Waals surface area contributed by atoms with Gasteiger partial charge in [0.15, 0.2) is 0 Å². The summed E-state index contributed by atoms with van der Waals surface area (Å²) < 4.78 is 3.43. The van der Waals surface area contributed by atoms with E-state index in [1.165, 1.54) is 11.0 Å². The maximum absolute atomic E-state index is 12.9. The van der Waals surface area contributed by atoms with Crippen molar-refractivity contribution >= 4 is 34.8 Å². The van der Waals surface area contributed by atoms with Gasteiger partial charge in [-0.05, 0) is 38.0 Å². The quantitative estimate of drug-likeness (QED) is 0.409. The van der Waals surface area contributed by atoms with Crippen LogP contribution in [0, 0.1) is 0 Å². The molecule has 2 aliphatic rings. The minimum Gasteiger partial charge on any atom is -0.465 e. The van der Waals surface area contributed by atoms with E-state index in [-0.39, 0.29) is 30.1 Å². The predicted octanol–water partition coefficient (Wildman–Crippen LogP) is 1.40. The Bertz CT molecular complexity index is 1450. The van der Waals surface area contributed by atoms with Crippen molar-refractivity contribution in [1.82, 2.24) is 29.7 Å². The molecule has 3 aromatic rings. The largest absolute Gasteiger partial charge is 0.465 e. The van der Waals surface area contributed by atoms with Gasteiger partial charge in [0.25, 0.3) is 5.56 Å². The van der Waals surface area contributed by atoms with Gasteiger partial charge >= 0.3 is 12.1 Å². The fourth-order valence-corrected chi connectivity index (χ4v) is 5.26. The normalized spacial score (nSPS) is 17.0. The van der Waals surface area contributed by atoms with Crippen LogP contribution in [0.1, 0.15) is 24.7 Å².